The van der Waals surface area contributed by atoms with Gasteiger partial charge in [-0.2, -0.15) is 0 Å². The molecule has 1 aliphatic heterocycles. The van der Waals surface area contributed by atoms with Gasteiger partial charge in [0.2, 0.25) is 0 Å². The van der Waals surface area contributed by atoms with Gasteiger partial charge in [0.25, 0.3) is 0 Å². The highest BCUT2D eigenvalue weighted by Gasteiger charge is 2.24. The van der Waals surface area contributed by atoms with Crippen LogP contribution in [0.2, 0.25) is 0 Å². The molecule has 3 heteroatoms. The molecule has 2 rings (SSSR count). The van der Waals surface area contributed by atoms with Crippen LogP contribution in [0.3, 0.4) is 0 Å². The maximum atomic E-state index is 9.77. The third-order valence-electron chi connectivity index (χ3n) is 3.24. The second-order valence-electron chi connectivity index (χ2n) is 4.71. The second kappa shape index (κ2) is 6.55. The Morgan fingerprint density at radius 2 is 1.95 bits per heavy atom. The molecule has 1 fully saturated rings. The summed E-state index contributed by atoms with van der Waals surface area (Å²) in [6.45, 7) is 3.72. The summed E-state index contributed by atoms with van der Waals surface area (Å²) in [5, 5.41) is 9.77. The highest BCUT2D eigenvalue weighted by Crippen LogP contribution is 2.22. The first-order valence-corrected chi connectivity index (χ1v) is 6.49. The van der Waals surface area contributed by atoms with Gasteiger partial charge in [-0.1, -0.05) is 30.4 Å². The molecule has 19 heavy (non-hydrogen) atoms. The topological polar surface area (TPSA) is 38.7 Å². The molecule has 3 nitrogen and oxygen atoms in total. The summed E-state index contributed by atoms with van der Waals surface area (Å²) in [6.07, 6.45) is 6.57. The van der Waals surface area contributed by atoms with E-state index in [2.05, 4.69) is 6.58 Å². The number of hydrogen-bond donors (Lipinski definition) is 1. The average Bonchev–Trinajstić information content (AvgIpc) is 2.45. The van der Waals surface area contributed by atoms with Crippen molar-refractivity contribution in [2.24, 2.45) is 0 Å². The average molecular weight is 260 g/mol. The molecule has 0 bridgehead atoms. The first kappa shape index (κ1) is 13.8. The van der Waals surface area contributed by atoms with Gasteiger partial charge < -0.3 is 14.6 Å². The maximum Gasteiger partial charge on any atom is 0.118 e. The fourth-order valence-corrected chi connectivity index (χ4v) is 2.18. The summed E-state index contributed by atoms with van der Waals surface area (Å²) in [6, 6.07) is 7.81. The van der Waals surface area contributed by atoms with Crippen molar-refractivity contribution in [1.82, 2.24) is 0 Å². The number of ether oxygens (including phenoxy) is 2. The zero-order valence-electron chi connectivity index (χ0n) is 11.2. The number of hydrogen-bond acceptors (Lipinski definition) is 3. The van der Waals surface area contributed by atoms with Crippen molar-refractivity contribution in [3.05, 3.63) is 48.6 Å². The lowest BCUT2D eigenvalue weighted by molar-refractivity contribution is -0.0545. The summed E-state index contributed by atoms with van der Waals surface area (Å²) < 4.78 is 10.9. The second-order valence-corrected chi connectivity index (χ2v) is 4.71. The molecule has 3 atom stereocenters. The van der Waals surface area contributed by atoms with Gasteiger partial charge in [0, 0.05) is 12.8 Å². The van der Waals surface area contributed by atoms with Crippen LogP contribution in [0, 0.1) is 0 Å². The van der Waals surface area contributed by atoms with Gasteiger partial charge in [0.15, 0.2) is 0 Å². The zero-order valence-corrected chi connectivity index (χ0v) is 11.2. The van der Waals surface area contributed by atoms with E-state index in [1.54, 1.807) is 13.2 Å². The van der Waals surface area contributed by atoms with E-state index >= 15 is 0 Å². The number of benzene rings is 1. The fourth-order valence-electron chi connectivity index (χ4n) is 2.18. The van der Waals surface area contributed by atoms with Crippen molar-refractivity contribution in [3.63, 3.8) is 0 Å². The van der Waals surface area contributed by atoms with Crippen molar-refractivity contribution in [3.8, 4) is 5.75 Å². The molecule has 102 valence electrons. The Balaban J connectivity index is 1.98. The van der Waals surface area contributed by atoms with Gasteiger partial charge in [-0.3, -0.25) is 0 Å². The van der Waals surface area contributed by atoms with E-state index in [4.69, 9.17) is 9.47 Å². The minimum Gasteiger partial charge on any atom is -0.497 e. The molecule has 1 aromatic carbocycles. The zero-order chi connectivity index (χ0) is 13.7. The predicted molar refractivity (Wildman–Crippen MR) is 76.1 cm³/mol. The lowest BCUT2D eigenvalue weighted by Crippen LogP contribution is -2.33. The first-order valence-electron chi connectivity index (χ1n) is 6.49. The van der Waals surface area contributed by atoms with E-state index in [-0.39, 0.29) is 18.3 Å². The molecular formula is C16H20O3. The normalized spacial score (nSPS) is 27.4. The molecule has 1 N–H and O–H groups in total. The third-order valence-corrected chi connectivity index (χ3v) is 3.24. The van der Waals surface area contributed by atoms with Gasteiger partial charge >= 0.3 is 0 Å². The van der Waals surface area contributed by atoms with E-state index in [0.29, 0.717) is 12.8 Å². The molecule has 1 heterocycles. The molecule has 0 saturated carbocycles. The Morgan fingerprint density at radius 3 is 2.58 bits per heavy atom. The lowest BCUT2D eigenvalue weighted by atomic mass is 10.00. The smallest absolute Gasteiger partial charge is 0.118 e. The van der Waals surface area contributed by atoms with Gasteiger partial charge in [0.05, 0.1) is 25.4 Å². The minimum atomic E-state index is -0.317. The van der Waals surface area contributed by atoms with Gasteiger partial charge in [-0.15, -0.1) is 6.58 Å². The number of rotatable bonds is 4. The quantitative estimate of drug-likeness (QED) is 0.846. The Hall–Kier alpha value is -1.58. The van der Waals surface area contributed by atoms with Crippen molar-refractivity contribution >= 4 is 6.08 Å². The number of aliphatic hydroxyl groups excluding tert-OH is 1. The monoisotopic (exact) mass is 260 g/mol. The van der Waals surface area contributed by atoms with Crippen LogP contribution in [-0.2, 0) is 4.74 Å². The van der Waals surface area contributed by atoms with Crippen molar-refractivity contribution in [2.75, 3.05) is 7.11 Å². The molecule has 0 aromatic heterocycles. The van der Waals surface area contributed by atoms with Crippen molar-refractivity contribution < 1.29 is 14.6 Å². The Morgan fingerprint density at radius 1 is 1.26 bits per heavy atom. The fraction of sp³-hybridized carbons (Fsp3) is 0.375. The van der Waals surface area contributed by atoms with Gasteiger partial charge in [-0.05, 0) is 17.7 Å². The standard InChI is InChI=1S/C16H20O3/c1-3-14-10-13(17)11-16(19-14)9-6-12-4-7-15(18-2)8-5-12/h3-9,13-14,16-17H,1,10-11H2,2H3/b9-6+/t13-,14+,16-/m1/s1. The van der Waals surface area contributed by atoms with Crippen LogP contribution in [0.25, 0.3) is 6.08 Å². The van der Waals surface area contributed by atoms with E-state index in [1.165, 1.54) is 0 Å². The largest absolute Gasteiger partial charge is 0.497 e. The Labute approximate surface area is 114 Å². The predicted octanol–water partition coefficient (Wildman–Crippen LogP) is 2.80. The summed E-state index contributed by atoms with van der Waals surface area (Å²) >= 11 is 0. The SMILES string of the molecule is C=C[C@H]1C[C@@H](O)C[C@@H](/C=C/c2ccc(OC)cc2)O1. The van der Waals surface area contributed by atoms with Crippen LogP contribution >= 0.6 is 0 Å². The Bertz CT molecular complexity index is 436. The molecule has 0 spiro atoms. The summed E-state index contributed by atoms with van der Waals surface area (Å²) in [7, 11) is 1.65. The maximum absolute atomic E-state index is 9.77. The van der Waals surface area contributed by atoms with Crippen LogP contribution in [0.1, 0.15) is 18.4 Å². The van der Waals surface area contributed by atoms with Gasteiger partial charge in [-0.25, -0.2) is 0 Å². The highest BCUT2D eigenvalue weighted by molar-refractivity contribution is 5.51. The van der Waals surface area contributed by atoms with Crippen LogP contribution < -0.4 is 4.74 Å². The van der Waals surface area contributed by atoms with Crippen molar-refractivity contribution in [1.29, 1.82) is 0 Å². The number of aliphatic hydroxyl groups is 1. The molecule has 0 amide bonds. The van der Waals surface area contributed by atoms with E-state index < -0.39 is 0 Å². The molecule has 1 aromatic rings. The van der Waals surface area contributed by atoms with Crippen LogP contribution in [0.5, 0.6) is 5.75 Å². The molecule has 1 aliphatic rings. The van der Waals surface area contributed by atoms with Crippen LogP contribution in [0.4, 0.5) is 0 Å². The molecule has 1 saturated heterocycles. The molecular weight excluding hydrogens is 240 g/mol. The van der Waals surface area contributed by atoms with Gasteiger partial charge in [0.1, 0.15) is 5.75 Å². The van der Waals surface area contributed by atoms with Crippen LogP contribution in [0.15, 0.2) is 43.0 Å². The molecule has 0 radical (unpaired) electrons. The Kier molecular flexibility index (Phi) is 4.77. The summed E-state index contributed by atoms with van der Waals surface area (Å²) in [4.78, 5) is 0. The van der Waals surface area contributed by atoms with Crippen LogP contribution in [-0.4, -0.2) is 30.5 Å². The summed E-state index contributed by atoms with van der Waals surface area (Å²) in [5.74, 6) is 0.841. The lowest BCUT2D eigenvalue weighted by Gasteiger charge is -2.29. The van der Waals surface area contributed by atoms with E-state index in [0.717, 1.165) is 11.3 Å². The highest BCUT2D eigenvalue weighted by atomic mass is 16.5. The minimum absolute atomic E-state index is 0.0609. The van der Waals surface area contributed by atoms with Crippen molar-refractivity contribution in [2.45, 2.75) is 31.2 Å². The first-order chi connectivity index (χ1) is 9.21. The number of methoxy groups -OCH3 is 1. The molecule has 0 unspecified atom stereocenters. The summed E-state index contributed by atoms with van der Waals surface area (Å²) in [5.41, 5.74) is 1.08. The molecule has 0 aliphatic carbocycles. The van der Waals surface area contributed by atoms with E-state index in [9.17, 15) is 5.11 Å². The van der Waals surface area contributed by atoms with E-state index in [1.807, 2.05) is 36.4 Å². The third kappa shape index (κ3) is 3.94.